The van der Waals surface area contributed by atoms with Gasteiger partial charge >= 0.3 is 5.97 Å². The smallest absolute Gasteiger partial charge is 0.343 e. The van der Waals surface area contributed by atoms with Crippen molar-refractivity contribution in [3.8, 4) is 5.69 Å². The number of para-hydroxylation sites is 1. The maximum absolute atomic E-state index is 13.5. The number of ether oxygens (including phenoxy) is 1. The zero-order valence-electron chi connectivity index (χ0n) is 16.3. The van der Waals surface area contributed by atoms with Gasteiger partial charge in [-0.05, 0) is 54.5 Å². The Bertz CT molecular complexity index is 1090. The van der Waals surface area contributed by atoms with Crippen LogP contribution in [0.1, 0.15) is 59.3 Å². The van der Waals surface area contributed by atoms with Gasteiger partial charge in [-0.2, -0.15) is 0 Å². The molecule has 4 atom stereocenters. The molecule has 5 heteroatoms. The van der Waals surface area contributed by atoms with Crippen molar-refractivity contribution in [1.29, 1.82) is 0 Å². The Morgan fingerprint density at radius 2 is 2.14 bits per heavy atom. The fourth-order valence-corrected chi connectivity index (χ4v) is 6.81. The van der Waals surface area contributed by atoms with Gasteiger partial charge in [0.05, 0.1) is 18.2 Å². The normalized spacial score (nSPS) is 31.4. The predicted molar refractivity (Wildman–Crippen MR) is 105 cm³/mol. The van der Waals surface area contributed by atoms with Crippen LogP contribution in [0.2, 0.25) is 0 Å². The van der Waals surface area contributed by atoms with Crippen LogP contribution in [-0.2, 0) is 10.2 Å². The Balaban J connectivity index is 1.76. The standard InChI is InChI=1S/C23H24N2O3/c1-3-13-12-24-9-8-23-17-6-4-5-7-18(17)25-20(23)15(14(13)11-19(23)24)10-16(21(25)26)22(27)28-2/h4-7,10,13-14,19H,3,8-9,11-12H2,1-2H3/t13-,14+,19+,23-/m1/s1. The molecule has 0 unspecified atom stereocenters. The van der Waals surface area contributed by atoms with Crippen molar-refractivity contribution in [2.75, 3.05) is 20.2 Å². The molecule has 3 aliphatic heterocycles. The molecule has 2 bridgehead atoms. The van der Waals surface area contributed by atoms with E-state index in [1.165, 1.54) is 18.2 Å². The van der Waals surface area contributed by atoms with Crippen LogP contribution in [-0.4, -0.2) is 41.7 Å². The summed E-state index contributed by atoms with van der Waals surface area (Å²) in [6.45, 7) is 4.45. The van der Waals surface area contributed by atoms with Gasteiger partial charge in [-0.25, -0.2) is 4.79 Å². The second kappa shape index (κ2) is 5.35. The van der Waals surface area contributed by atoms with Crippen molar-refractivity contribution >= 4 is 5.97 Å². The molecule has 28 heavy (non-hydrogen) atoms. The highest BCUT2D eigenvalue weighted by molar-refractivity contribution is 5.89. The number of aromatic nitrogens is 1. The molecular weight excluding hydrogens is 352 g/mol. The molecule has 6 rings (SSSR count). The van der Waals surface area contributed by atoms with Crippen LogP contribution in [0.25, 0.3) is 5.69 Å². The molecule has 2 fully saturated rings. The molecule has 0 amide bonds. The number of piperidine rings is 1. The molecule has 1 aromatic carbocycles. The molecule has 4 aliphatic rings. The summed E-state index contributed by atoms with van der Waals surface area (Å²) in [6.07, 6.45) is 3.26. The van der Waals surface area contributed by atoms with Gasteiger partial charge in [0, 0.05) is 18.3 Å². The lowest BCUT2D eigenvalue weighted by Crippen LogP contribution is -2.54. The Morgan fingerprint density at radius 3 is 2.93 bits per heavy atom. The third kappa shape index (κ3) is 1.68. The van der Waals surface area contributed by atoms with Crippen molar-refractivity contribution in [3.05, 3.63) is 63.1 Å². The Hall–Kier alpha value is -2.40. The van der Waals surface area contributed by atoms with E-state index in [0.29, 0.717) is 17.9 Å². The lowest BCUT2D eigenvalue weighted by atomic mass is 9.60. The van der Waals surface area contributed by atoms with E-state index in [1.807, 2.05) is 22.8 Å². The average molecular weight is 376 g/mol. The van der Waals surface area contributed by atoms with E-state index >= 15 is 0 Å². The SMILES string of the molecule is CC[C@@H]1CN2CC[C@]34c5ccccc5-n5c3c(cc(C(=O)OC)c5=O)[C@H]1C[C@H]24. The van der Waals surface area contributed by atoms with E-state index in [4.69, 9.17) is 4.74 Å². The summed E-state index contributed by atoms with van der Waals surface area (Å²) in [4.78, 5) is 28.6. The number of pyridine rings is 1. The highest BCUT2D eigenvalue weighted by Crippen LogP contribution is 2.61. The Kier molecular flexibility index (Phi) is 3.16. The molecule has 1 aromatic heterocycles. The minimum absolute atomic E-state index is 0.116. The third-order valence-corrected chi connectivity index (χ3v) is 7.93. The van der Waals surface area contributed by atoms with Gasteiger partial charge < -0.3 is 4.74 Å². The quantitative estimate of drug-likeness (QED) is 0.757. The topological polar surface area (TPSA) is 51.5 Å². The second-order valence-corrected chi connectivity index (χ2v) is 8.75. The molecule has 1 spiro atoms. The number of hydrogen-bond acceptors (Lipinski definition) is 4. The summed E-state index contributed by atoms with van der Waals surface area (Å²) in [5.74, 6) is 0.426. The molecule has 1 aliphatic carbocycles. The first-order chi connectivity index (χ1) is 13.6. The first kappa shape index (κ1) is 16.5. The number of carbonyl (C=O) groups is 1. The number of nitrogens with zero attached hydrogens (tertiary/aromatic N) is 2. The monoisotopic (exact) mass is 376 g/mol. The van der Waals surface area contributed by atoms with Gasteiger partial charge in [-0.1, -0.05) is 31.5 Å². The van der Waals surface area contributed by atoms with Crippen LogP contribution in [0.15, 0.2) is 35.1 Å². The zero-order chi connectivity index (χ0) is 19.2. The predicted octanol–water partition coefficient (Wildman–Crippen LogP) is 2.83. The van der Waals surface area contributed by atoms with Crippen LogP contribution < -0.4 is 5.56 Å². The number of rotatable bonds is 2. The van der Waals surface area contributed by atoms with Crippen molar-refractivity contribution in [1.82, 2.24) is 9.47 Å². The summed E-state index contributed by atoms with van der Waals surface area (Å²) >= 11 is 0. The molecule has 2 aromatic rings. The molecule has 0 N–H and O–H groups in total. The lowest BCUT2D eigenvalue weighted by Gasteiger charge is -2.50. The van der Waals surface area contributed by atoms with Crippen LogP contribution in [0, 0.1) is 5.92 Å². The number of esters is 1. The van der Waals surface area contributed by atoms with Crippen LogP contribution in [0.4, 0.5) is 0 Å². The second-order valence-electron chi connectivity index (χ2n) is 8.75. The van der Waals surface area contributed by atoms with E-state index in [2.05, 4.69) is 24.0 Å². The largest absolute Gasteiger partial charge is 0.465 e. The van der Waals surface area contributed by atoms with Crippen molar-refractivity contribution in [3.63, 3.8) is 0 Å². The molecule has 0 saturated carbocycles. The van der Waals surface area contributed by atoms with Gasteiger partial charge in [0.2, 0.25) is 0 Å². The lowest BCUT2D eigenvalue weighted by molar-refractivity contribution is 0.0596. The van der Waals surface area contributed by atoms with Gasteiger partial charge in [0.1, 0.15) is 5.56 Å². The van der Waals surface area contributed by atoms with Gasteiger partial charge in [-0.3, -0.25) is 14.3 Å². The average Bonchev–Trinajstić information content (AvgIpc) is 3.27. The number of carbonyl (C=O) groups excluding carboxylic acids is 1. The van der Waals surface area contributed by atoms with Crippen LogP contribution >= 0.6 is 0 Å². The van der Waals surface area contributed by atoms with E-state index in [0.717, 1.165) is 43.7 Å². The van der Waals surface area contributed by atoms with Crippen LogP contribution in [0.3, 0.4) is 0 Å². The number of methoxy groups -OCH3 is 1. The fraction of sp³-hybridized carbons (Fsp3) is 0.478. The summed E-state index contributed by atoms with van der Waals surface area (Å²) in [7, 11) is 1.35. The molecule has 2 saturated heterocycles. The molecular formula is C23H24N2O3. The van der Waals surface area contributed by atoms with E-state index < -0.39 is 5.97 Å². The minimum atomic E-state index is -0.533. The van der Waals surface area contributed by atoms with E-state index in [9.17, 15) is 9.59 Å². The molecule has 5 nitrogen and oxygen atoms in total. The first-order valence-corrected chi connectivity index (χ1v) is 10.3. The molecule has 144 valence electrons. The number of benzene rings is 1. The number of fused-ring (bicyclic) bond motifs is 4. The fourth-order valence-electron chi connectivity index (χ4n) is 6.81. The summed E-state index contributed by atoms with van der Waals surface area (Å²) < 4.78 is 6.82. The van der Waals surface area contributed by atoms with E-state index in [1.54, 1.807) is 0 Å². The Labute approximate surface area is 163 Å². The van der Waals surface area contributed by atoms with E-state index in [-0.39, 0.29) is 16.5 Å². The van der Waals surface area contributed by atoms with Gasteiger partial charge in [0.15, 0.2) is 0 Å². The molecule has 0 radical (unpaired) electrons. The Morgan fingerprint density at radius 1 is 1.32 bits per heavy atom. The maximum atomic E-state index is 13.5. The van der Waals surface area contributed by atoms with Crippen molar-refractivity contribution < 1.29 is 9.53 Å². The van der Waals surface area contributed by atoms with Crippen molar-refractivity contribution in [2.24, 2.45) is 5.92 Å². The van der Waals surface area contributed by atoms with Crippen molar-refractivity contribution in [2.45, 2.75) is 43.6 Å². The molecule has 4 heterocycles. The summed E-state index contributed by atoms with van der Waals surface area (Å²) in [5.41, 5.74) is 4.40. The minimum Gasteiger partial charge on any atom is -0.465 e. The van der Waals surface area contributed by atoms with Gasteiger partial charge in [-0.15, -0.1) is 0 Å². The van der Waals surface area contributed by atoms with Gasteiger partial charge in [0.25, 0.3) is 5.56 Å². The third-order valence-electron chi connectivity index (χ3n) is 7.93. The zero-order valence-corrected chi connectivity index (χ0v) is 16.3. The highest BCUT2D eigenvalue weighted by Gasteiger charge is 2.62. The first-order valence-electron chi connectivity index (χ1n) is 10.3. The highest BCUT2D eigenvalue weighted by atomic mass is 16.5. The maximum Gasteiger partial charge on any atom is 0.343 e. The number of hydrogen-bond donors (Lipinski definition) is 0. The summed E-state index contributed by atoms with van der Waals surface area (Å²) in [5, 5.41) is 0. The van der Waals surface area contributed by atoms with Crippen LogP contribution in [0.5, 0.6) is 0 Å². The summed E-state index contributed by atoms with van der Waals surface area (Å²) in [6, 6.07) is 10.6.